The van der Waals surface area contributed by atoms with Crippen molar-refractivity contribution in [2.24, 2.45) is 11.7 Å². The normalized spacial score (nSPS) is 25.0. The van der Waals surface area contributed by atoms with Crippen molar-refractivity contribution in [3.63, 3.8) is 0 Å². The molecule has 1 aliphatic heterocycles. The first kappa shape index (κ1) is 18.4. The fourth-order valence-corrected chi connectivity index (χ4v) is 5.58. The van der Waals surface area contributed by atoms with E-state index >= 15 is 0 Å². The number of hydrogen-bond acceptors (Lipinski definition) is 4. The second kappa shape index (κ2) is 7.85. The predicted octanol–water partition coefficient (Wildman–Crippen LogP) is 1.72. The molecule has 1 amide bonds. The van der Waals surface area contributed by atoms with Gasteiger partial charge in [-0.3, -0.25) is 4.79 Å². The van der Waals surface area contributed by atoms with Crippen LogP contribution in [0.4, 0.5) is 0 Å². The summed E-state index contributed by atoms with van der Waals surface area (Å²) < 4.78 is 27.5. The molecule has 2 unspecified atom stereocenters. The minimum absolute atomic E-state index is 0.0308. The minimum Gasteiger partial charge on any atom is -0.349 e. The zero-order chi connectivity index (χ0) is 17.9. The van der Waals surface area contributed by atoms with E-state index in [1.165, 1.54) is 10.4 Å². The van der Waals surface area contributed by atoms with Crippen molar-refractivity contribution < 1.29 is 13.2 Å². The molecular formula is C18H27N3O3S. The smallest absolute Gasteiger partial charge is 0.252 e. The van der Waals surface area contributed by atoms with Crippen LogP contribution in [0.3, 0.4) is 0 Å². The molecule has 3 N–H and O–H groups in total. The SMILES string of the molecule is NCC1CCCC1NC(=O)c1ccccc1S(=O)(=O)N1CCCCC1. The molecule has 1 aromatic rings. The Morgan fingerprint density at radius 3 is 2.56 bits per heavy atom. The Labute approximate surface area is 149 Å². The second-order valence-corrected chi connectivity index (χ2v) is 8.87. The van der Waals surface area contributed by atoms with E-state index in [0.29, 0.717) is 19.6 Å². The molecule has 1 aromatic carbocycles. The summed E-state index contributed by atoms with van der Waals surface area (Å²) in [5.74, 6) is -0.0450. The molecule has 0 spiro atoms. The average molecular weight is 365 g/mol. The number of sulfonamides is 1. The van der Waals surface area contributed by atoms with Gasteiger partial charge in [0.05, 0.1) is 10.5 Å². The zero-order valence-corrected chi connectivity index (χ0v) is 15.3. The average Bonchev–Trinajstić information content (AvgIpc) is 3.09. The van der Waals surface area contributed by atoms with E-state index in [4.69, 9.17) is 5.73 Å². The van der Waals surface area contributed by atoms with Crippen LogP contribution >= 0.6 is 0 Å². The molecular weight excluding hydrogens is 338 g/mol. The zero-order valence-electron chi connectivity index (χ0n) is 14.5. The third-order valence-electron chi connectivity index (χ3n) is 5.34. The molecule has 0 bridgehead atoms. The largest absolute Gasteiger partial charge is 0.349 e. The first-order valence-electron chi connectivity index (χ1n) is 9.14. The third kappa shape index (κ3) is 3.88. The van der Waals surface area contributed by atoms with Gasteiger partial charge < -0.3 is 11.1 Å². The molecule has 0 aromatic heterocycles. The fourth-order valence-electron chi connectivity index (χ4n) is 3.88. The molecule has 25 heavy (non-hydrogen) atoms. The number of nitrogens with one attached hydrogen (secondary N) is 1. The summed E-state index contributed by atoms with van der Waals surface area (Å²) in [6.45, 7) is 1.59. The Balaban J connectivity index is 1.84. The molecule has 7 heteroatoms. The first-order chi connectivity index (χ1) is 12.0. The van der Waals surface area contributed by atoms with E-state index < -0.39 is 10.0 Å². The quantitative estimate of drug-likeness (QED) is 0.831. The van der Waals surface area contributed by atoms with Crippen molar-refractivity contribution >= 4 is 15.9 Å². The van der Waals surface area contributed by atoms with Gasteiger partial charge in [-0.2, -0.15) is 4.31 Å². The highest BCUT2D eigenvalue weighted by Crippen LogP contribution is 2.27. The Morgan fingerprint density at radius 1 is 1.12 bits per heavy atom. The van der Waals surface area contributed by atoms with Crippen molar-refractivity contribution in [3.8, 4) is 0 Å². The summed E-state index contributed by atoms with van der Waals surface area (Å²) >= 11 is 0. The van der Waals surface area contributed by atoms with E-state index in [1.54, 1.807) is 18.2 Å². The van der Waals surface area contributed by atoms with Gasteiger partial charge in [-0.15, -0.1) is 0 Å². The minimum atomic E-state index is -3.64. The van der Waals surface area contributed by atoms with Crippen LogP contribution in [0.15, 0.2) is 29.2 Å². The standard InChI is InChI=1S/C18H27N3O3S/c19-13-14-7-6-9-16(14)20-18(22)15-8-2-3-10-17(15)25(23,24)21-11-4-1-5-12-21/h2-3,8,10,14,16H,1,4-7,9,11-13,19H2,(H,20,22). The Bertz CT molecular complexity index is 714. The Kier molecular flexibility index (Phi) is 5.76. The molecule has 1 aliphatic carbocycles. The van der Waals surface area contributed by atoms with Crippen molar-refractivity contribution in [1.82, 2.24) is 9.62 Å². The summed E-state index contributed by atoms with van der Waals surface area (Å²) in [5.41, 5.74) is 6.01. The molecule has 1 heterocycles. The first-order valence-corrected chi connectivity index (χ1v) is 10.6. The topological polar surface area (TPSA) is 92.5 Å². The van der Waals surface area contributed by atoms with Gasteiger partial charge in [-0.05, 0) is 50.3 Å². The molecule has 0 radical (unpaired) electrons. The van der Waals surface area contributed by atoms with Gasteiger partial charge in [0, 0.05) is 19.1 Å². The molecule has 1 saturated heterocycles. The Morgan fingerprint density at radius 2 is 1.84 bits per heavy atom. The number of hydrogen-bond donors (Lipinski definition) is 2. The lowest BCUT2D eigenvalue weighted by Gasteiger charge is -2.27. The van der Waals surface area contributed by atoms with Crippen LogP contribution in [-0.4, -0.2) is 44.3 Å². The molecule has 2 atom stereocenters. The van der Waals surface area contributed by atoms with Crippen LogP contribution < -0.4 is 11.1 Å². The molecule has 2 fully saturated rings. The van der Waals surface area contributed by atoms with Gasteiger partial charge in [-0.25, -0.2) is 8.42 Å². The predicted molar refractivity (Wildman–Crippen MR) is 96.7 cm³/mol. The van der Waals surface area contributed by atoms with Crippen molar-refractivity contribution in [2.75, 3.05) is 19.6 Å². The summed E-state index contributed by atoms with van der Waals surface area (Å²) in [4.78, 5) is 12.9. The summed E-state index contributed by atoms with van der Waals surface area (Å²) in [7, 11) is -3.64. The van der Waals surface area contributed by atoms with Crippen molar-refractivity contribution in [3.05, 3.63) is 29.8 Å². The molecule has 3 rings (SSSR count). The highest BCUT2D eigenvalue weighted by atomic mass is 32.2. The van der Waals surface area contributed by atoms with E-state index in [0.717, 1.165) is 38.5 Å². The number of amides is 1. The number of carbonyl (C=O) groups excluding carboxylic acids is 1. The number of carbonyl (C=O) groups is 1. The van der Waals surface area contributed by atoms with Gasteiger partial charge in [0.25, 0.3) is 5.91 Å². The van der Waals surface area contributed by atoms with E-state index in [9.17, 15) is 13.2 Å². The number of piperidine rings is 1. The third-order valence-corrected chi connectivity index (χ3v) is 7.30. The Hall–Kier alpha value is -1.44. The molecule has 2 aliphatic rings. The lowest BCUT2D eigenvalue weighted by molar-refractivity contribution is 0.0925. The van der Waals surface area contributed by atoms with Gasteiger partial charge in [0.2, 0.25) is 10.0 Å². The van der Waals surface area contributed by atoms with Crippen LogP contribution in [0.25, 0.3) is 0 Å². The van der Waals surface area contributed by atoms with Gasteiger partial charge in [0.1, 0.15) is 0 Å². The highest BCUT2D eigenvalue weighted by molar-refractivity contribution is 7.89. The van der Waals surface area contributed by atoms with E-state index in [2.05, 4.69) is 5.32 Å². The second-order valence-electron chi connectivity index (χ2n) is 6.97. The number of benzene rings is 1. The lowest BCUT2D eigenvalue weighted by Crippen LogP contribution is -2.41. The maximum absolute atomic E-state index is 13.0. The van der Waals surface area contributed by atoms with Crippen LogP contribution in [0, 0.1) is 5.92 Å². The summed E-state index contributed by atoms with van der Waals surface area (Å²) in [6.07, 6.45) is 5.74. The molecule has 1 saturated carbocycles. The maximum Gasteiger partial charge on any atom is 0.252 e. The van der Waals surface area contributed by atoms with Gasteiger partial charge in [0.15, 0.2) is 0 Å². The summed E-state index contributed by atoms with van der Waals surface area (Å²) in [5, 5.41) is 3.01. The molecule has 6 nitrogen and oxygen atoms in total. The molecule has 138 valence electrons. The number of nitrogens with zero attached hydrogens (tertiary/aromatic N) is 1. The monoisotopic (exact) mass is 365 g/mol. The van der Waals surface area contributed by atoms with Crippen LogP contribution in [-0.2, 0) is 10.0 Å². The van der Waals surface area contributed by atoms with Gasteiger partial charge >= 0.3 is 0 Å². The van der Waals surface area contributed by atoms with Crippen LogP contribution in [0.5, 0.6) is 0 Å². The van der Waals surface area contributed by atoms with E-state index in [-0.39, 0.29) is 28.3 Å². The van der Waals surface area contributed by atoms with Crippen LogP contribution in [0.2, 0.25) is 0 Å². The summed E-state index contributed by atoms with van der Waals surface area (Å²) in [6, 6.07) is 6.54. The van der Waals surface area contributed by atoms with Gasteiger partial charge in [-0.1, -0.05) is 25.0 Å². The number of nitrogens with two attached hydrogens (primary N) is 1. The lowest BCUT2D eigenvalue weighted by atomic mass is 10.0. The van der Waals surface area contributed by atoms with Crippen LogP contribution in [0.1, 0.15) is 48.9 Å². The van der Waals surface area contributed by atoms with Crippen molar-refractivity contribution in [1.29, 1.82) is 0 Å². The fraction of sp³-hybridized carbons (Fsp3) is 0.611. The maximum atomic E-state index is 13.0. The van der Waals surface area contributed by atoms with Crippen molar-refractivity contribution in [2.45, 2.75) is 49.5 Å². The highest BCUT2D eigenvalue weighted by Gasteiger charge is 2.32. The van der Waals surface area contributed by atoms with E-state index in [1.807, 2.05) is 0 Å². The number of rotatable bonds is 5.